The second-order valence-corrected chi connectivity index (χ2v) is 22.0. The molecule has 0 aliphatic carbocycles. The molecule has 5 aromatic rings. The molecule has 3 aromatic carbocycles. The largest absolute Gasteiger partial charge is 0.467 e. The van der Waals surface area contributed by atoms with Gasteiger partial charge in [-0.05, 0) is 107 Å². The Bertz CT molecular complexity index is 3030. The summed E-state index contributed by atoms with van der Waals surface area (Å²) < 4.78 is 47.0. The number of piperidine rings is 2. The van der Waals surface area contributed by atoms with Gasteiger partial charge in [-0.15, -0.1) is 6.42 Å². The number of carbonyl (C=O) groups excluding carboxylic acids is 4. The molecule has 2 N–H and O–H groups in total. The van der Waals surface area contributed by atoms with E-state index in [0.717, 1.165) is 127 Å². The quantitative estimate of drug-likeness (QED) is 0.0381. The number of piperazine rings is 1. The number of aromatic nitrogens is 3. The first kappa shape index (κ1) is 57.8. The number of hydrogen-bond donors (Lipinski definition) is 2. The van der Waals surface area contributed by atoms with Crippen LogP contribution in [0, 0.1) is 24.0 Å². The predicted molar refractivity (Wildman–Crippen MR) is 306 cm³/mol. The maximum atomic E-state index is 16.1. The number of terminal acetylenes is 1. The Morgan fingerprint density at radius 3 is 2.36 bits per heavy atom. The number of imide groups is 1. The number of rotatable bonds is 18. The molecule has 19 heteroatoms. The van der Waals surface area contributed by atoms with Gasteiger partial charge in [0.1, 0.15) is 28.9 Å². The standard InChI is InChI=1S/C26H21F2N5O.C26H38N4O5.C9H17NO/c1-3-17-20(27)10-7-14-5-4-6-18(21(14)17)23-22(28)24-19(11-29-23)25(32-26(31-24)34-2)33-12-15-8-9-16(13-33)30-15;1-28(2)25-20(8-5-3-4-6-17-35-21-13-15-29(18-31)16-14-21)9-7-10-22(25)30(19-32)23-11-12-24(33)27-26(23)34;1-11-7-9-5-4-8-3-2-6-10(8)9/h1,4-7,10-11,15-16,30H,8-9,12-13H2,2H3;7,9-10,18-19,21,23H,3-6,8,11-17H2,1-2H3,(H,27,33,34);8-9H,2-7H2,1H3. The zero-order valence-electron chi connectivity index (χ0n) is 46.6. The van der Waals surface area contributed by atoms with Crippen molar-refractivity contribution in [1.29, 1.82) is 0 Å². The average Bonchev–Trinajstić information content (AvgIpc) is 4.23. The van der Waals surface area contributed by atoms with Crippen molar-refractivity contribution in [3.8, 4) is 29.6 Å². The maximum Gasteiger partial charge on any atom is 0.318 e. The molecule has 5 atom stereocenters. The third-order valence-corrected chi connectivity index (χ3v) is 16.6. The number of carbonyl (C=O) groups is 4. The number of likely N-dealkylation sites (tertiary alicyclic amines) is 1. The fourth-order valence-corrected chi connectivity index (χ4v) is 12.7. The molecule has 2 aromatic heterocycles. The number of ether oxygens (including phenoxy) is 3. The lowest BCUT2D eigenvalue weighted by atomic mass is 9.96. The minimum absolute atomic E-state index is 0.0484. The summed E-state index contributed by atoms with van der Waals surface area (Å²) >= 11 is 0. The molecule has 5 unspecified atom stereocenters. The summed E-state index contributed by atoms with van der Waals surface area (Å²) in [5.41, 5.74) is 3.38. The summed E-state index contributed by atoms with van der Waals surface area (Å²) in [5, 5.41) is 7.58. The first-order valence-corrected chi connectivity index (χ1v) is 28.4. The summed E-state index contributed by atoms with van der Waals surface area (Å²) in [4.78, 5) is 70.1. The highest BCUT2D eigenvalue weighted by molar-refractivity contribution is 6.05. The number of unbranched alkanes of at least 4 members (excludes halogenated alkanes) is 3. The highest BCUT2D eigenvalue weighted by Crippen LogP contribution is 2.39. The van der Waals surface area contributed by atoms with Crippen molar-refractivity contribution in [2.45, 2.75) is 133 Å². The normalized spacial score (nSPS) is 21.7. The van der Waals surface area contributed by atoms with E-state index in [4.69, 9.17) is 20.6 Å². The van der Waals surface area contributed by atoms with Crippen molar-refractivity contribution in [3.63, 3.8) is 0 Å². The first-order chi connectivity index (χ1) is 38.9. The van der Waals surface area contributed by atoms with Gasteiger partial charge in [0.2, 0.25) is 24.6 Å². The number of pyridine rings is 1. The number of amides is 4. The van der Waals surface area contributed by atoms with Crippen molar-refractivity contribution in [1.82, 2.24) is 35.4 Å². The summed E-state index contributed by atoms with van der Waals surface area (Å²) in [6.45, 7) is 6.12. The molecule has 2 bridgehead atoms. The fraction of sp³-hybridized carbons (Fsp3) is 0.525. The van der Waals surface area contributed by atoms with Gasteiger partial charge in [-0.1, -0.05) is 55.2 Å². The van der Waals surface area contributed by atoms with Crippen LogP contribution in [0.5, 0.6) is 6.01 Å². The maximum absolute atomic E-state index is 16.1. The van der Waals surface area contributed by atoms with Gasteiger partial charge < -0.3 is 39.1 Å². The van der Waals surface area contributed by atoms with Gasteiger partial charge in [0.15, 0.2) is 5.82 Å². The van der Waals surface area contributed by atoms with E-state index < -0.39 is 23.6 Å². The molecular weight excluding hydrogens is 1020 g/mol. The van der Waals surface area contributed by atoms with Gasteiger partial charge in [-0.25, -0.2) is 8.78 Å². The lowest BCUT2D eigenvalue weighted by Gasteiger charge is -2.34. The van der Waals surface area contributed by atoms with Crippen LogP contribution in [-0.2, 0) is 35.1 Å². The predicted octanol–water partition coefficient (Wildman–Crippen LogP) is 7.57. The molecule has 0 spiro atoms. The molecule has 0 radical (unpaired) electrons. The third-order valence-electron chi connectivity index (χ3n) is 16.6. The van der Waals surface area contributed by atoms with Crippen LogP contribution in [0.4, 0.5) is 26.0 Å². The van der Waals surface area contributed by atoms with Gasteiger partial charge in [0.05, 0.1) is 42.1 Å². The Morgan fingerprint density at radius 1 is 0.875 bits per heavy atom. The Hall–Kier alpha value is -6.85. The van der Waals surface area contributed by atoms with Crippen molar-refractivity contribution < 1.29 is 42.2 Å². The first-order valence-electron chi connectivity index (χ1n) is 28.4. The van der Waals surface area contributed by atoms with Crippen molar-refractivity contribution in [2.24, 2.45) is 0 Å². The van der Waals surface area contributed by atoms with Crippen LogP contribution in [0.3, 0.4) is 0 Å². The van der Waals surface area contributed by atoms with Crippen LogP contribution < -0.4 is 30.1 Å². The monoisotopic (exact) mass is 1100 g/mol. The number of nitrogens with zero attached hydrogens (tertiary/aromatic N) is 8. The van der Waals surface area contributed by atoms with Crippen LogP contribution in [0.2, 0.25) is 0 Å². The van der Waals surface area contributed by atoms with Crippen molar-refractivity contribution >= 4 is 63.5 Å². The van der Waals surface area contributed by atoms with E-state index in [1.807, 2.05) is 38.2 Å². The van der Waals surface area contributed by atoms with Crippen LogP contribution in [0.1, 0.15) is 101 Å². The molecule has 426 valence electrons. The Balaban J connectivity index is 0.000000162. The highest BCUT2D eigenvalue weighted by Gasteiger charge is 2.37. The molecule has 11 rings (SSSR count). The summed E-state index contributed by atoms with van der Waals surface area (Å²) in [7, 11) is 7.14. The van der Waals surface area contributed by atoms with E-state index in [-0.39, 0.29) is 41.2 Å². The SMILES string of the molecule is C#Cc1c(F)ccc2cccc(-c3ncc4c(N5CC6CCC(C5)N6)nc(OC)nc4c3F)c12.CN(C)c1c(CCCCCCOC2CCN(C=O)CC2)cccc1N(C=O)C1CCC(=O)NC1=O.COCC1CCC2CCCN21. The molecule has 8 heterocycles. The molecule has 6 fully saturated rings. The lowest BCUT2D eigenvalue weighted by Crippen LogP contribution is -2.52. The lowest BCUT2D eigenvalue weighted by molar-refractivity contribution is -0.135. The molecule has 6 aliphatic rings. The number of benzene rings is 3. The number of fused-ring (bicyclic) bond motifs is 5. The zero-order chi connectivity index (χ0) is 56.3. The average molecular weight is 1100 g/mol. The summed E-state index contributed by atoms with van der Waals surface area (Å²) in [6, 6.07) is 15.8. The molecule has 0 saturated carbocycles. The minimum atomic E-state index is -0.690. The molecule has 6 saturated heterocycles. The Labute approximate surface area is 468 Å². The van der Waals surface area contributed by atoms with Gasteiger partial charge in [0.25, 0.3) is 0 Å². The van der Waals surface area contributed by atoms with E-state index in [0.29, 0.717) is 58.1 Å². The Morgan fingerprint density at radius 2 is 1.65 bits per heavy atom. The van der Waals surface area contributed by atoms with E-state index in [1.54, 1.807) is 35.4 Å². The van der Waals surface area contributed by atoms with Crippen LogP contribution >= 0.6 is 0 Å². The summed E-state index contributed by atoms with van der Waals surface area (Å²) in [6.07, 6.45) is 24.3. The van der Waals surface area contributed by atoms with E-state index in [2.05, 4.69) is 47.4 Å². The van der Waals surface area contributed by atoms with Crippen molar-refractivity contribution in [2.75, 3.05) is 89.0 Å². The molecule has 80 heavy (non-hydrogen) atoms. The van der Waals surface area contributed by atoms with Gasteiger partial charge >= 0.3 is 6.01 Å². The van der Waals surface area contributed by atoms with E-state index >= 15 is 4.39 Å². The second-order valence-electron chi connectivity index (χ2n) is 22.0. The number of para-hydroxylation sites is 1. The number of anilines is 3. The topological polar surface area (TPSA) is 175 Å². The minimum Gasteiger partial charge on any atom is -0.467 e. The van der Waals surface area contributed by atoms with E-state index in [1.165, 1.54) is 50.3 Å². The number of aryl methyl sites for hydroxylation is 1. The van der Waals surface area contributed by atoms with Gasteiger partial charge in [0, 0.05) is 102 Å². The van der Waals surface area contributed by atoms with Gasteiger partial charge in [-0.2, -0.15) is 9.97 Å². The number of nitrogens with one attached hydrogen (secondary N) is 2. The highest BCUT2D eigenvalue weighted by atomic mass is 19.1. The van der Waals surface area contributed by atoms with Crippen LogP contribution in [-0.4, -0.2) is 160 Å². The van der Waals surface area contributed by atoms with Gasteiger partial charge in [-0.3, -0.25) is 34.4 Å². The van der Waals surface area contributed by atoms with Crippen LogP contribution in [0.15, 0.2) is 54.7 Å². The van der Waals surface area contributed by atoms with E-state index in [9.17, 15) is 23.6 Å². The summed E-state index contributed by atoms with van der Waals surface area (Å²) in [5.74, 6) is 1.11. The zero-order valence-corrected chi connectivity index (χ0v) is 46.6. The third kappa shape index (κ3) is 13.2. The molecule has 6 aliphatic heterocycles. The molecular formula is C61H76F2N10O7. The van der Waals surface area contributed by atoms with Crippen molar-refractivity contribution in [3.05, 3.63) is 77.5 Å². The van der Waals surface area contributed by atoms with Crippen LogP contribution in [0.25, 0.3) is 32.9 Å². The molecule has 4 amide bonds. The second kappa shape index (κ2) is 27.1. The number of methoxy groups -OCH3 is 2. The Kier molecular flexibility index (Phi) is 19.6. The number of halogens is 2. The number of hydrogen-bond acceptors (Lipinski definition) is 14. The smallest absolute Gasteiger partial charge is 0.318 e. The molecule has 17 nitrogen and oxygen atoms in total. The fourth-order valence-electron chi connectivity index (χ4n) is 12.7.